The predicted octanol–water partition coefficient (Wildman–Crippen LogP) is 5.52. The molecule has 0 amide bonds. The first-order valence-electron chi connectivity index (χ1n) is 8.43. The van der Waals surface area contributed by atoms with E-state index in [1.165, 1.54) is 6.07 Å². The highest BCUT2D eigenvalue weighted by Gasteiger charge is 2.21. The number of rotatable bonds is 4. The Kier molecular flexibility index (Phi) is 5.14. The van der Waals surface area contributed by atoms with Crippen LogP contribution in [0.1, 0.15) is 38.4 Å². The highest BCUT2D eigenvalue weighted by atomic mass is 19.2. The zero-order valence-electron chi connectivity index (χ0n) is 14.0. The Morgan fingerprint density at radius 1 is 1.04 bits per heavy atom. The third kappa shape index (κ3) is 3.44. The summed E-state index contributed by atoms with van der Waals surface area (Å²) in [6.07, 6.45) is 2.23. The van der Waals surface area contributed by atoms with Gasteiger partial charge in [0.15, 0.2) is 11.6 Å². The van der Waals surface area contributed by atoms with Crippen LogP contribution in [0.25, 0.3) is 11.1 Å². The molecule has 1 saturated heterocycles. The minimum Gasteiger partial charge on any atom is -0.491 e. The average molecular weight is 332 g/mol. The molecule has 2 aromatic carbocycles. The van der Waals surface area contributed by atoms with E-state index in [1.807, 2.05) is 24.3 Å². The van der Waals surface area contributed by atoms with Crippen LogP contribution in [-0.2, 0) is 4.74 Å². The van der Waals surface area contributed by atoms with Crippen LogP contribution in [0, 0.1) is 17.6 Å². The van der Waals surface area contributed by atoms with E-state index in [0.29, 0.717) is 18.1 Å². The summed E-state index contributed by atoms with van der Waals surface area (Å²) < 4.78 is 39.3. The molecule has 1 aliphatic heterocycles. The zero-order valence-corrected chi connectivity index (χ0v) is 14.0. The van der Waals surface area contributed by atoms with Gasteiger partial charge in [-0.25, -0.2) is 4.39 Å². The average Bonchev–Trinajstić information content (AvgIpc) is 2.60. The van der Waals surface area contributed by atoms with Crippen LogP contribution in [-0.4, -0.2) is 13.2 Å². The lowest BCUT2D eigenvalue weighted by molar-refractivity contribution is -0.0123. The van der Waals surface area contributed by atoms with E-state index in [2.05, 4.69) is 6.92 Å². The molecular weight excluding hydrogens is 310 g/mol. The number of hydrogen-bond donors (Lipinski definition) is 0. The quantitative estimate of drug-likeness (QED) is 0.734. The van der Waals surface area contributed by atoms with Crippen molar-refractivity contribution in [2.45, 2.75) is 32.8 Å². The topological polar surface area (TPSA) is 18.5 Å². The summed E-state index contributed by atoms with van der Waals surface area (Å²) >= 11 is 0. The predicted molar refractivity (Wildman–Crippen MR) is 90.1 cm³/mol. The maximum atomic E-state index is 14.3. The van der Waals surface area contributed by atoms with E-state index < -0.39 is 11.6 Å². The lowest BCUT2D eigenvalue weighted by Crippen LogP contribution is -2.18. The smallest absolute Gasteiger partial charge is 0.201 e. The van der Waals surface area contributed by atoms with Crippen molar-refractivity contribution in [2.75, 3.05) is 13.2 Å². The molecule has 0 aromatic heterocycles. The van der Waals surface area contributed by atoms with Gasteiger partial charge in [-0.2, -0.15) is 4.39 Å². The molecule has 3 rings (SSSR count). The van der Waals surface area contributed by atoms with E-state index in [4.69, 9.17) is 9.47 Å². The minimum atomic E-state index is -0.942. The first-order chi connectivity index (χ1) is 11.6. The first kappa shape index (κ1) is 16.9. The molecule has 2 nitrogen and oxygen atoms in total. The number of halogens is 2. The second kappa shape index (κ2) is 7.31. The summed E-state index contributed by atoms with van der Waals surface area (Å²) in [6.45, 7) is 4.98. The van der Waals surface area contributed by atoms with Crippen molar-refractivity contribution < 1.29 is 18.3 Å². The van der Waals surface area contributed by atoms with Crippen LogP contribution in [0.3, 0.4) is 0 Å². The fourth-order valence-electron chi connectivity index (χ4n) is 3.04. The molecule has 2 aromatic rings. The van der Waals surface area contributed by atoms with Crippen LogP contribution < -0.4 is 4.74 Å². The van der Waals surface area contributed by atoms with E-state index in [1.54, 1.807) is 13.0 Å². The maximum Gasteiger partial charge on any atom is 0.201 e. The Morgan fingerprint density at radius 3 is 2.42 bits per heavy atom. The summed E-state index contributed by atoms with van der Waals surface area (Å²) in [5.74, 6) is -1.28. The van der Waals surface area contributed by atoms with Gasteiger partial charge in [0.25, 0.3) is 0 Å². The van der Waals surface area contributed by atoms with Gasteiger partial charge < -0.3 is 9.47 Å². The van der Waals surface area contributed by atoms with E-state index in [-0.39, 0.29) is 17.4 Å². The monoisotopic (exact) mass is 332 g/mol. The van der Waals surface area contributed by atoms with Crippen molar-refractivity contribution in [3.8, 4) is 16.9 Å². The lowest BCUT2D eigenvalue weighted by Gasteiger charge is -2.27. The van der Waals surface area contributed by atoms with Gasteiger partial charge in [-0.15, -0.1) is 0 Å². The lowest BCUT2D eigenvalue weighted by atomic mass is 9.94. The second-order valence-electron chi connectivity index (χ2n) is 6.30. The zero-order chi connectivity index (χ0) is 17.1. The molecule has 128 valence electrons. The van der Waals surface area contributed by atoms with Gasteiger partial charge in [-0.1, -0.05) is 31.2 Å². The largest absolute Gasteiger partial charge is 0.491 e. The van der Waals surface area contributed by atoms with Crippen LogP contribution in [0.5, 0.6) is 5.75 Å². The van der Waals surface area contributed by atoms with Gasteiger partial charge in [0.2, 0.25) is 5.82 Å². The van der Waals surface area contributed by atoms with Crippen LogP contribution in [0.4, 0.5) is 8.78 Å². The standard InChI is InChI=1S/C20H22F2O2/c1-3-23-18-11-9-16(19(21)20(18)22)14-5-7-15(8-6-14)17-10-4-13(2)12-24-17/h5-9,11,13,17H,3-4,10,12H2,1-2H3. The fraction of sp³-hybridized carbons (Fsp3) is 0.400. The maximum absolute atomic E-state index is 14.3. The van der Waals surface area contributed by atoms with Crippen molar-refractivity contribution in [3.05, 3.63) is 53.6 Å². The molecule has 2 unspecified atom stereocenters. The van der Waals surface area contributed by atoms with Crippen molar-refractivity contribution in [1.29, 1.82) is 0 Å². The summed E-state index contributed by atoms with van der Waals surface area (Å²) in [4.78, 5) is 0. The van der Waals surface area contributed by atoms with Crippen molar-refractivity contribution in [3.63, 3.8) is 0 Å². The summed E-state index contributed by atoms with van der Waals surface area (Å²) in [5, 5.41) is 0. The van der Waals surface area contributed by atoms with E-state index in [0.717, 1.165) is 25.0 Å². The highest BCUT2D eigenvalue weighted by Crippen LogP contribution is 2.33. The van der Waals surface area contributed by atoms with Gasteiger partial charge in [-0.3, -0.25) is 0 Å². The van der Waals surface area contributed by atoms with Crippen LogP contribution in [0.15, 0.2) is 36.4 Å². The van der Waals surface area contributed by atoms with Crippen LogP contribution >= 0.6 is 0 Å². The molecule has 0 spiro atoms. The molecule has 1 heterocycles. The Balaban J connectivity index is 1.82. The summed E-state index contributed by atoms with van der Waals surface area (Å²) in [5.41, 5.74) is 1.96. The van der Waals surface area contributed by atoms with Crippen molar-refractivity contribution in [2.24, 2.45) is 5.92 Å². The number of benzene rings is 2. The normalized spacial score (nSPS) is 20.8. The molecule has 24 heavy (non-hydrogen) atoms. The number of hydrogen-bond acceptors (Lipinski definition) is 2. The molecule has 4 heteroatoms. The minimum absolute atomic E-state index is 0.0555. The molecule has 0 aliphatic carbocycles. The van der Waals surface area contributed by atoms with Crippen molar-refractivity contribution in [1.82, 2.24) is 0 Å². The summed E-state index contributed by atoms with van der Waals surface area (Å²) in [6, 6.07) is 10.5. The second-order valence-corrected chi connectivity index (χ2v) is 6.30. The highest BCUT2D eigenvalue weighted by molar-refractivity contribution is 5.65. The van der Waals surface area contributed by atoms with Crippen molar-refractivity contribution >= 4 is 0 Å². The van der Waals surface area contributed by atoms with Gasteiger partial charge in [-0.05, 0) is 48.9 Å². The Bertz CT molecular complexity index is 690. The summed E-state index contributed by atoms with van der Waals surface area (Å²) in [7, 11) is 0. The van der Waals surface area contributed by atoms with Crippen LogP contribution in [0.2, 0.25) is 0 Å². The van der Waals surface area contributed by atoms with Gasteiger partial charge >= 0.3 is 0 Å². The van der Waals surface area contributed by atoms with Gasteiger partial charge in [0.05, 0.1) is 12.7 Å². The third-order valence-corrected chi connectivity index (χ3v) is 4.44. The van der Waals surface area contributed by atoms with Gasteiger partial charge in [0.1, 0.15) is 0 Å². The molecular formula is C20H22F2O2. The number of ether oxygens (including phenoxy) is 2. The molecule has 0 radical (unpaired) electrons. The molecule has 0 saturated carbocycles. The molecule has 0 bridgehead atoms. The third-order valence-electron chi connectivity index (χ3n) is 4.44. The fourth-order valence-corrected chi connectivity index (χ4v) is 3.04. The Hall–Kier alpha value is -1.94. The molecule has 1 fully saturated rings. The molecule has 1 aliphatic rings. The van der Waals surface area contributed by atoms with E-state index >= 15 is 0 Å². The van der Waals surface area contributed by atoms with Gasteiger partial charge in [0, 0.05) is 12.2 Å². The van der Waals surface area contributed by atoms with E-state index in [9.17, 15) is 8.78 Å². The Labute approximate surface area is 141 Å². The SMILES string of the molecule is CCOc1ccc(-c2ccc(C3CCC(C)CO3)cc2)c(F)c1F. The molecule has 2 atom stereocenters. The molecule has 0 N–H and O–H groups in total. The first-order valence-corrected chi connectivity index (χ1v) is 8.43. The Morgan fingerprint density at radius 2 is 1.79 bits per heavy atom.